The predicted octanol–water partition coefficient (Wildman–Crippen LogP) is 3.96. The van der Waals surface area contributed by atoms with Gasteiger partial charge in [0.25, 0.3) is 0 Å². The van der Waals surface area contributed by atoms with Crippen molar-refractivity contribution in [2.45, 2.75) is 36.2 Å². The molecule has 102 valence electrons. The van der Waals surface area contributed by atoms with Crippen LogP contribution >= 0.6 is 11.8 Å². The van der Waals surface area contributed by atoms with E-state index in [4.69, 9.17) is 0 Å². The molecule has 1 nitrogen and oxygen atoms in total. The van der Waals surface area contributed by atoms with Crippen LogP contribution in [-0.2, 0) is 0 Å². The number of Topliss-reactive ketones (excluding diaryl/α,β-unsaturated/α-hetero) is 1. The van der Waals surface area contributed by atoms with Gasteiger partial charge in [-0.25, -0.2) is 13.2 Å². The van der Waals surface area contributed by atoms with Crippen LogP contribution in [0.15, 0.2) is 12.1 Å². The molecule has 2 fully saturated rings. The molecular weight excluding hydrogens is 273 g/mol. The number of halogens is 3. The van der Waals surface area contributed by atoms with Gasteiger partial charge in [0.05, 0.1) is 5.56 Å². The number of carbonyl (C=O) groups excluding carboxylic acids is 1. The lowest BCUT2D eigenvalue weighted by molar-refractivity contribution is 0.0901. The second kappa shape index (κ2) is 4.85. The monoisotopic (exact) mass is 286 g/mol. The Balaban J connectivity index is 1.88. The second-order valence-corrected chi connectivity index (χ2v) is 6.84. The van der Waals surface area contributed by atoms with E-state index in [1.165, 1.54) is 0 Å². The smallest absolute Gasteiger partial charge is 0.169 e. The quantitative estimate of drug-likeness (QED) is 0.604. The van der Waals surface area contributed by atoms with Crippen molar-refractivity contribution in [1.29, 1.82) is 0 Å². The molecular formula is C14H13F3OS. The summed E-state index contributed by atoms with van der Waals surface area (Å²) in [6, 6.07) is 1.27. The van der Waals surface area contributed by atoms with Gasteiger partial charge in [0.2, 0.25) is 0 Å². The summed E-state index contributed by atoms with van der Waals surface area (Å²) in [6.45, 7) is 0. The zero-order valence-electron chi connectivity index (χ0n) is 10.2. The SMILES string of the molecule is O=C(c1cc(F)cc(F)c1F)C1CC2CCC(C1)S2. The van der Waals surface area contributed by atoms with E-state index >= 15 is 0 Å². The average Bonchev–Trinajstić information content (AvgIpc) is 2.72. The zero-order valence-corrected chi connectivity index (χ0v) is 11.0. The molecule has 0 spiro atoms. The average molecular weight is 286 g/mol. The van der Waals surface area contributed by atoms with E-state index in [0.29, 0.717) is 29.4 Å². The molecule has 5 heteroatoms. The third-order valence-corrected chi connectivity index (χ3v) is 5.55. The molecule has 1 aromatic carbocycles. The molecule has 2 heterocycles. The summed E-state index contributed by atoms with van der Waals surface area (Å²) >= 11 is 1.89. The van der Waals surface area contributed by atoms with Gasteiger partial charge in [-0.05, 0) is 31.7 Å². The van der Waals surface area contributed by atoms with Crippen LogP contribution in [0.3, 0.4) is 0 Å². The lowest BCUT2D eigenvalue weighted by Crippen LogP contribution is -2.25. The van der Waals surface area contributed by atoms with Crippen LogP contribution in [0.25, 0.3) is 0 Å². The Morgan fingerprint density at radius 1 is 1.11 bits per heavy atom. The molecule has 0 amide bonds. The van der Waals surface area contributed by atoms with Gasteiger partial charge in [-0.1, -0.05) is 0 Å². The Bertz CT molecular complexity index is 520. The molecule has 2 saturated heterocycles. The first kappa shape index (κ1) is 13.0. The maximum absolute atomic E-state index is 13.6. The highest BCUT2D eigenvalue weighted by Crippen LogP contribution is 2.46. The van der Waals surface area contributed by atoms with E-state index in [0.717, 1.165) is 18.9 Å². The number of carbonyl (C=O) groups is 1. The zero-order chi connectivity index (χ0) is 13.6. The van der Waals surface area contributed by atoms with Crippen LogP contribution in [0.2, 0.25) is 0 Å². The summed E-state index contributed by atoms with van der Waals surface area (Å²) in [7, 11) is 0. The predicted molar refractivity (Wildman–Crippen MR) is 67.8 cm³/mol. The number of hydrogen-bond acceptors (Lipinski definition) is 2. The molecule has 2 bridgehead atoms. The summed E-state index contributed by atoms with van der Waals surface area (Å²) < 4.78 is 39.9. The molecule has 19 heavy (non-hydrogen) atoms. The summed E-state index contributed by atoms with van der Waals surface area (Å²) in [5.41, 5.74) is -0.436. The summed E-state index contributed by atoms with van der Waals surface area (Å²) in [5, 5.41) is 0.878. The lowest BCUT2D eigenvalue weighted by atomic mass is 9.90. The van der Waals surface area contributed by atoms with Crippen molar-refractivity contribution < 1.29 is 18.0 Å². The van der Waals surface area contributed by atoms with Crippen LogP contribution in [0.4, 0.5) is 13.2 Å². The van der Waals surface area contributed by atoms with E-state index in [2.05, 4.69) is 0 Å². The van der Waals surface area contributed by atoms with Crippen molar-refractivity contribution >= 4 is 17.5 Å². The van der Waals surface area contributed by atoms with Crippen LogP contribution < -0.4 is 0 Å². The number of fused-ring (bicyclic) bond motifs is 2. The van der Waals surface area contributed by atoms with Crippen LogP contribution in [0.5, 0.6) is 0 Å². The van der Waals surface area contributed by atoms with Gasteiger partial charge < -0.3 is 0 Å². The van der Waals surface area contributed by atoms with E-state index in [1.54, 1.807) is 0 Å². The number of rotatable bonds is 2. The Hall–Kier alpha value is -0.970. The highest BCUT2D eigenvalue weighted by Gasteiger charge is 2.38. The molecule has 0 aliphatic carbocycles. The molecule has 0 saturated carbocycles. The largest absolute Gasteiger partial charge is 0.294 e. The van der Waals surface area contributed by atoms with Gasteiger partial charge in [0.15, 0.2) is 17.4 Å². The molecule has 1 aromatic rings. The Labute approximate surface area is 113 Å². The van der Waals surface area contributed by atoms with Gasteiger partial charge in [-0.3, -0.25) is 4.79 Å². The van der Waals surface area contributed by atoms with Gasteiger partial charge in [-0.2, -0.15) is 11.8 Å². The van der Waals surface area contributed by atoms with Gasteiger partial charge >= 0.3 is 0 Å². The van der Waals surface area contributed by atoms with Crippen molar-refractivity contribution in [3.05, 3.63) is 35.1 Å². The summed E-state index contributed by atoms with van der Waals surface area (Å²) in [6.07, 6.45) is 3.55. The van der Waals surface area contributed by atoms with Crippen LogP contribution in [-0.4, -0.2) is 16.3 Å². The first-order chi connectivity index (χ1) is 9.04. The third-order valence-electron chi connectivity index (χ3n) is 3.92. The third kappa shape index (κ3) is 2.40. The standard InChI is InChI=1S/C14H13F3OS/c15-8-5-11(13(17)12(16)6-8)14(18)7-3-9-1-2-10(4-7)19-9/h5-7,9-10H,1-4H2. The number of ketones is 1. The first-order valence-corrected chi connectivity index (χ1v) is 7.33. The van der Waals surface area contributed by atoms with E-state index in [-0.39, 0.29) is 5.92 Å². The van der Waals surface area contributed by atoms with Crippen molar-refractivity contribution in [3.8, 4) is 0 Å². The molecule has 3 rings (SSSR count). The molecule has 2 aliphatic heterocycles. The minimum absolute atomic E-state index is 0.297. The Morgan fingerprint density at radius 3 is 2.37 bits per heavy atom. The maximum atomic E-state index is 13.6. The van der Waals surface area contributed by atoms with E-state index in [1.807, 2.05) is 11.8 Å². The fourth-order valence-electron chi connectivity index (χ4n) is 3.03. The molecule has 2 aliphatic rings. The van der Waals surface area contributed by atoms with Crippen LogP contribution in [0.1, 0.15) is 36.0 Å². The molecule has 0 radical (unpaired) electrons. The van der Waals surface area contributed by atoms with Crippen molar-refractivity contribution in [1.82, 2.24) is 0 Å². The summed E-state index contributed by atoms with van der Waals surface area (Å²) in [4.78, 5) is 12.3. The topological polar surface area (TPSA) is 17.1 Å². The Morgan fingerprint density at radius 2 is 1.74 bits per heavy atom. The second-order valence-electron chi connectivity index (χ2n) is 5.24. The number of hydrogen-bond donors (Lipinski definition) is 0. The fourth-order valence-corrected chi connectivity index (χ4v) is 4.80. The van der Waals surface area contributed by atoms with E-state index in [9.17, 15) is 18.0 Å². The lowest BCUT2D eigenvalue weighted by Gasteiger charge is -2.26. The van der Waals surface area contributed by atoms with E-state index < -0.39 is 28.8 Å². The molecule has 2 unspecified atom stereocenters. The molecule has 0 aromatic heterocycles. The summed E-state index contributed by atoms with van der Waals surface area (Å²) in [5.74, 6) is -4.17. The highest BCUT2D eigenvalue weighted by molar-refractivity contribution is 8.00. The van der Waals surface area contributed by atoms with Gasteiger partial charge in [-0.15, -0.1) is 0 Å². The van der Waals surface area contributed by atoms with Gasteiger partial charge in [0.1, 0.15) is 5.82 Å². The highest BCUT2D eigenvalue weighted by atomic mass is 32.2. The van der Waals surface area contributed by atoms with Crippen LogP contribution in [0, 0.1) is 23.4 Å². The maximum Gasteiger partial charge on any atom is 0.169 e. The van der Waals surface area contributed by atoms with Gasteiger partial charge in [0, 0.05) is 22.5 Å². The number of thioether (sulfide) groups is 1. The van der Waals surface area contributed by atoms with Crippen molar-refractivity contribution in [2.24, 2.45) is 5.92 Å². The fraction of sp³-hybridized carbons (Fsp3) is 0.500. The minimum atomic E-state index is -1.29. The minimum Gasteiger partial charge on any atom is -0.294 e. The first-order valence-electron chi connectivity index (χ1n) is 6.39. The Kier molecular flexibility index (Phi) is 3.33. The molecule has 0 N–H and O–H groups in total. The van der Waals surface area contributed by atoms with Crippen molar-refractivity contribution in [2.75, 3.05) is 0 Å². The number of benzene rings is 1. The normalized spacial score (nSPS) is 29.5. The molecule has 2 atom stereocenters. The van der Waals surface area contributed by atoms with Crippen molar-refractivity contribution in [3.63, 3.8) is 0 Å².